The lowest BCUT2D eigenvalue weighted by Crippen LogP contribution is -2.22. The molecule has 2 aliphatic rings. The van der Waals surface area contributed by atoms with Crippen molar-refractivity contribution in [3.8, 4) is 17.5 Å². The largest absolute Gasteiger partial charge is 0.497 e. The summed E-state index contributed by atoms with van der Waals surface area (Å²) in [5, 5.41) is 0. The summed E-state index contributed by atoms with van der Waals surface area (Å²) in [5.74, 6) is 1.49. The van der Waals surface area contributed by atoms with Crippen LogP contribution in [0.25, 0.3) is 0 Å². The van der Waals surface area contributed by atoms with Crippen LogP contribution in [-0.4, -0.2) is 35.5 Å². The zero-order chi connectivity index (χ0) is 16.7. The summed E-state index contributed by atoms with van der Waals surface area (Å²) >= 11 is 0. The zero-order valence-electron chi connectivity index (χ0n) is 13.0. The number of hydrogen-bond donors (Lipinski definition) is 0. The highest BCUT2D eigenvalue weighted by Crippen LogP contribution is 2.41. The van der Waals surface area contributed by atoms with Crippen molar-refractivity contribution in [3.63, 3.8) is 0 Å². The molecule has 0 amide bonds. The molecule has 24 heavy (non-hydrogen) atoms. The Bertz CT molecular complexity index is 830. The number of methoxy groups -OCH3 is 1. The van der Waals surface area contributed by atoms with Crippen LogP contribution >= 0.6 is 0 Å². The maximum Gasteiger partial charge on any atom is 0.302 e. The molecular formula is C17H16N2O5. The Morgan fingerprint density at radius 2 is 2.00 bits per heavy atom. The maximum absolute atomic E-state index is 11.3. The standard InChI is InChI=1S/C17H16N2O5/c1-10-13(9-22-12-5-3-11(21-2)4-6-12)23-16-15(10)24-17-18-14(20)7-8-19(16)17/h3-8,13,15-16H,1,9H2,2H3/t13-,15+,16-/m1/s1. The molecule has 124 valence electrons. The Kier molecular flexibility index (Phi) is 3.50. The number of benzene rings is 1. The molecular weight excluding hydrogens is 312 g/mol. The van der Waals surface area contributed by atoms with Crippen LogP contribution in [0.5, 0.6) is 17.5 Å². The zero-order valence-corrected chi connectivity index (χ0v) is 13.0. The molecule has 7 heteroatoms. The first-order chi connectivity index (χ1) is 11.7. The third-order valence-corrected chi connectivity index (χ3v) is 4.11. The molecule has 2 aromatic rings. The second kappa shape index (κ2) is 5.68. The fraction of sp³-hybridized carbons (Fsp3) is 0.294. The fourth-order valence-electron chi connectivity index (χ4n) is 2.82. The normalized spacial score (nSPS) is 24.2. The summed E-state index contributed by atoms with van der Waals surface area (Å²) in [6, 6.07) is 8.96. The van der Waals surface area contributed by atoms with Crippen LogP contribution < -0.4 is 19.8 Å². The summed E-state index contributed by atoms with van der Waals surface area (Å²) in [5.41, 5.74) is 0.428. The first-order valence-electron chi connectivity index (χ1n) is 7.52. The molecule has 0 saturated carbocycles. The summed E-state index contributed by atoms with van der Waals surface area (Å²) < 4.78 is 24.2. The first-order valence-corrected chi connectivity index (χ1v) is 7.52. The highest BCUT2D eigenvalue weighted by atomic mass is 16.6. The summed E-state index contributed by atoms with van der Waals surface area (Å²) in [6.07, 6.45) is 0.596. The van der Waals surface area contributed by atoms with E-state index in [1.54, 1.807) is 17.9 Å². The van der Waals surface area contributed by atoms with Gasteiger partial charge in [0.2, 0.25) is 0 Å². The van der Waals surface area contributed by atoms with E-state index in [2.05, 4.69) is 11.6 Å². The summed E-state index contributed by atoms with van der Waals surface area (Å²) in [6.45, 7) is 4.38. The van der Waals surface area contributed by atoms with E-state index in [0.29, 0.717) is 6.61 Å². The van der Waals surface area contributed by atoms with Gasteiger partial charge in [-0.25, -0.2) is 0 Å². The second-order valence-corrected chi connectivity index (χ2v) is 5.57. The van der Waals surface area contributed by atoms with Gasteiger partial charge in [-0.05, 0) is 29.8 Å². The Labute approximate surface area is 138 Å². The molecule has 0 bridgehead atoms. The average Bonchev–Trinajstić information content (AvgIpc) is 3.09. The van der Waals surface area contributed by atoms with Crippen LogP contribution in [0, 0.1) is 0 Å². The number of nitrogens with zero attached hydrogens (tertiary/aromatic N) is 2. The van der Waals surface area contributed by atoms with Gasteiger partial charge in [-0.15, -0.1) is 0 Å². The Balaban J connectivity index is 1.44. The molecule has 2 aliphatic heterocycles. The quantitative estimate of drug-likeness (QED) is 0.793. The molecule has 0 aliphatic carbocycles. The van der Waals surface area contributed by atoms with Crippen molar-refractivity contribution < 1.29 is 18.9 Å². The smallest absolute Gasteiger partial charge is 0.302 e. The first kappa shape index (κ1) is 14.8. The van der Waals surface area contributed by atoms with E-state index in [-0.39, 0.29) is 30.0 Å². The Morgan fingerprint density at radius 1 is 1.25 bits per heavy atom. The molecule has 0 N–H and O–H groups in total. The topological polar surface area (TPSA) is 71.8 Å². The molecule has 3 atom stereocenters. The number of hydrogen-bond acceptors (Lipinski definition) is 6. The number of rotatable bonds is 4. The second-order valence-electron chi connectivity index (χ2n) is 5.57. The molecule has 1 saturated heterocycles. The third kappa shape index (κ3) is 2.43. The number of aromatic nitrogens is 2. The van der Waals surface area contributed by atoms with Gasteiger partial charge in [0.05, 0.1) is 7.11 Å². The maximum atomic E-state index is 11.3. The van der Waals surface area contributed by atoms with E-state index in [0.717, 1.165) is 17.1 Å². The molecule has 0 unspecified atom stereocenters. The van der Waals surface area contributed by atoms with Crippen LogP contribution in [0.1, 0.15) is 6.23 Å². The van der Waals surface area contributed by atoms with E-state index < -0.39 is 0 Å². The van der Waals surface area contributed by atoms with Gasteiger partial charge < -0.3 is 18.9 Å². The minimum absolute atomic E-state index is 0.258. The highest BCUT2D eigenvalue weighted by Gasteiger charge is 2.47. The molecule has 0 radical (unpaired) electrons. The molecule has 4 rings (SSSR count). The predicted octanol–water partition coefficient (Wildman–Crippen LogP) is 1.55. The molecule has 3 heterocycles. The van der Waals surface area contributed by atoms with E-state index in [4.69, 9.17) is 18.9 Å². The van der Waals surface area contributed by atoms with Crippen molar-refractivity contribution in [2.75, 3.05) is 13.7 Å². The molecule has 0 spiro atoms. The third-order valence-electron chi connectivity index (χ3n) is 4.11. The van der Waals surface area contributed by atoms with Crippen LogP contribution in [0.15, 0.2) is 53.5 Å². The molecule has 1 fully saturated rings. The molecule has 7 nitrogen and oxygen atoms in total. The van der Waals surface area contributed by atoms with Gasteiger partial charge in [0.25, 0.3) is 5.56 Å². The van der Waals surface area contributed by atoms with Gasteiger partial charge >= 0.3 is 6.01 Å². The molecule has 1 aromatic heterocycles. The van der Waals surface area contributed by atoms with Gasteiger partial charge in [-0.2, -0.15) is 4.98 Å². The van der Waals surface area contributed by atoms with Crippen LogP contribution in [0.3, 0.4) is 0 Å². The van der Waals surface area contributed by atoms with E-state index in [1.165, 1.54) is 6.07 Å². The fourth-order valence-corrected chi connectivity index (χ4v) is 2.82. The van der Waals surface area contributed by atoms with Crippen LogP contribution in [0.4, 0.5) is 0 Å². The lowest BCUT2D eigenvalue weighted by Gasteiger charge is -2.15. The van der Waals surface area contributed by atoms with Crippen molar-refractivity contribution in [1.82, 2.24) is 9.55 Å². The lowest BCUT2D eigenvalue weighted by atomic mass is 10.1. The Morgan fingerprint density at radius 3 is 2.75 bits per heavy atom. The van der Waals surface area contributed by atoms with Gasteiger partial charge in [0.1, 0.15) is 24.2 Å². The van der Waals surface area contributed by atoms with Crippen molar-refractivity contribution in [2.45, 2.75) is 18.4 Å². The van der Waals surface area contributed by atoms with Gasteiger partial charge in [-0.1, -0.05) is 6.58 Å². The van der Waals surface area contributed by atoms with Gasteiger partial charge in [-0.3, -0.25) is 9.36 Å². The minimum atomic E-state index is -0.370. The SMILES string of the molecule is C=C1[C@@H](COc2ccc(OC)cc2)O[C@@H]2[C@H]1Oc1nc(=O)ccn12. The van der Waals surface area contributed by atoms with E-state index in [1.807, 2.05) is 24.3 Å². The monoisotopic (exact) mass is 328 g/mol. The molecule has 1 aromatic carbocycles. The van der Waals surface area contributed by atoms with E-state index >= 15 is 0 Å². The number of fused-ring (bicyclic) bond motifs is 3. The summed E-state index contributed by atoms with van der Waals surface area (Å²) in [4.78, 5) is 15.1. The predicted molar refractivity (Wildman–Crippen MR) is 84.5 cm³/mol. The van der Waals surface area contributed by atoms with Crippen molar-refractivity contribution in [3.05, 3.63) is 59.0 Å². The van der Waals surface area contributed by atoms with Gasteiger partial charge in [0, 0.05) is 12.3 Å². The van der Waals surface area contributed by atoms with Crippen molar-refractivity contribution in [1.29, 1.82) is 0 Å². The summed E-state index contributed by atoms with van der Waals surface area (Å²) in [7, 11) is 1.62. The lowest BCUT2D eigenvalue weighted by molar-refractivity contribution is -0.0186. The number of ether oxygens (including phenoxy) is 4. The highest BCUT2D eigenvalue weighted by molar-refractivity contribution is 5.31. The minimum Gasteiger partial charge on any atom is -0.497 e. The van der Waals surface area contributed by atoms with Crippen molar-refractivity contribution in [2.24, 2.45) is 0 Å². The Hall–Kier alpha value is -2.80. The average molecular weight is 328 g/mol. The van der Waals surface area contributed by atoms with Crippen LogP contribution in [-0.2, 0) is 4.74 Å². The van der Waals surface area contributed by atoms with E-state index in [9.17, 15) is 4.79 Å². The van der Waals surface area contributed by atoms with Crippen LogP contribution in [0.2, 0.25) is 0 Å². The van der Waals surface area contributed by atoms with Gasteiger partial charge in [0.15, 0.2) is 12.3 Å². The van der Waals surface area contributed by atoms with Crippen molar-refractivity contribution >= 4 is 0 Å².